The third-order valence-corrected chi connectivity index (χ3v) is 7.19. The third kappa shape index (κ3) is 4.13. The number of imidazole rings is 1. The molecule has 2 aromatic carbocycles. The highest BCUT2D eigenvalue weighted by molar-refractivity contribution is 6.14. The Hall–Kier alpha value is -5.60. The molecule has 0 unspecified atom stereocenters. The summed E-state index contributed by atoms with van der Waals surface area (Å²) in [6.45, 7) is -0.258. The molecule has 2 aliphatic heterocycles. The minimum atomic E-state index is -0.803. The summed E-state index contributed by atoms with van der Waals surface area (Å²) in [7, 11) is 4.33. The lowest BCUT2D eigenvalue weighted by molar-refractivity contribution is -0.396. The van der Waals surface area contributed by atoms with Gasteiger partial charge >= 0.3 is 12.0 Å². The third-order valence-electron chi connectivity index (χ3n) is 7.19. The minimum absolute atomic E-state index is 0.0129. The summed E-state index contributed by atoms with van der Waals surface area (Å²) < 4.78 is 29.6. The molecule has 0 bridgehead atoms. The Bertz CT molecular complexity index is 1880. The standard InChI is InChI=1S/C27H23N5O10/c1-30-13(10-29-26(30)32(36)37)11-40-27(35)28-5-4-14-23-15-6-21-22(42-12-41-21)7-16(15)25(34)31(23)18-9-20(39-3)19(38-2)8-17(18)24(14)33/h6-10H,4-5,11-12H2,1-3H3,(H,28,35). The second-order valence-corrected chi connectivity index (χ2v) is 9.39. The number of pyridine rings is 1. The van der Waals surface area contributed by atoms with E-state index in [0.29, 0.717) is 51.0 Å². The molecule has 1 N–H and O–H groups in total. The molecule has 2 aliphatic rings. The summed E-state index contributed by atoms with van der Waals surface area (Å²) in [4.78, 5) is 54.1. The van der Waals surface area contributed by atoms with E-state index in [1.807, 2.05) is 0 Å². The summed E-state index contributed by atoms with van der Waals surface area (Å²) in [6.07, 6.45) is 0.488. The van der Waals surface area contributed by atoms with E-state index in [1.165, 1.54) is 42.7 Å². The maximum absolute atomic E-state index is 13.9. The highest BCUT2D eigenvalue weighted by Gasteiger charge is 2.35. The van der Waals surface area contributed by atoms with Crippen LogP contribution < -0.4 is 29.7 Å². The molecule has 2 aromatic heterocycles. The van der Waals surface area contributed by atoms with Crippen molar-refractivity contribution < 1.29 is 38.2 Å². The summed E-state index contributed by atoms with van der Waals surface area (Å²) in [5.74, 6) is 0.771. The number of amides is 1. The fourth-order valence-electron chi connectivity index (χ4n) is 5.14. The van der Waals surface area contributed by atoms with Crippen LogP contribution in [0.3, 0.4) is 0 Å². The molecule has 15 heteroatoms. The van der Waals surface area contributed by atoms with Crippen molar-refractivity contribution in [3.63, 3.8) is 0 Å². The predicted molar refractivity (Wildman–Crippen MR) is 144 cm³/mol. The van der Waals surface area contributed by atoms with E-state index >= 15 is 0 Å². The van der Waals surface area contributed by atoms with Gasteiger partial charge in [-0.15, -0.1) is 0 Å². The van der Waals surface area contributed by atoms with E-state index in [2.05, 4.69) is 10.3 Å². The fourth-order valence-corrected chi connectivity index (χ4v) is 5.14. The van der Waals surface area contributed by atoms with Gasteiger partial charge in [0.2, 0.25) is 6.79 Å². The Morgan fingerprint density at radius 1 is 1.10 bits per heavy atom. The van der Waals surface area contributed by atoms with E-state index in [-0.39, 0.29) is 54.6 Å². The number of nitro groups is 1. The van der Waals surface area contributed by atoms with Crippen LogP contribution in [-0.4, -0.2) is 58.6 Å². The number of hydrogen-bond acceptors (Lipinski definition) is 11. The molecule has 0 spiro atoms. The van der Waals surface area contributed by atoms with Crippen LogP contribution >= 0.6 is 0 Å². The molecule has 216 valence electrons. The number of fused-ring (bicyclic) bond motifs is 6. The fraction of sp³-hybridized carbons (Fsp3) is 0.259. The number of nitrogens with one attached hydrogen (secondary N) is 1. The van der Waals surface area contributed by atoms with Crippen LogP contribution in [0.25, 0.3) is 22.2 Å². The molecular weight excluding hydrogens is 554 g/mol. The van der Waals surface area contributed by atoms with Crippen LogP contribution in [0.4, 0.5) is 10.7 Å². The lowest BCUT2D eigenvalue weighted by atomic mass is 9.99. The monoisotopic (exact) mass is 577 g/mol. The zero-order valence-electron chi connectivity index (χ0n) is 22.6. The van der Waals surface area contributed by atoms with Gasteiger partial charge in [-0.05, 0) is 29.5 Å². The first-order valence-electron chi connectivity index (χ1n) is 12.6. The molecule has 0 aliphatic carbocycles. The maximum atomic E-state index is 13.9. The van der Waals surface area contributed by atoms with E-state index in [1.54, 1.807) is 18.2 Å². The normalized spacial score (nSPS) is 12.7. The molecular formula is C27H23N5O10. The van der Waals surface area contributed by atoms with Crippen LogP contribution in [0, 0.1) is 10.1 Å². The molecule has 0 saturated carbocycles. The second kappa shape index (κ2) is 10.1. The topological polar surface area (TPSA) is 175 Å². The number of methoxy groups -OCH3 is 2. The SMILES string of the molecule is COc1cc2c(=O)c(CCNC(=O)OCc3cnc([N+](=O)[O-])n3C)c3n(c2cc1OC)C(=O)c1cc2c(cc1-3)OCO2. The Morgan fingerprint density at radius 2 is 1.79 bits per heavy atom. The zero-order chi connectivity index (χ0) is 29.7. The Kier molecular flexibility index (Phi) is 6.40. The number of alkyl carbamates (subject to hydrolysis) is 1. The lowest BCUT2D eigenvalue weighted by Crippen LogP contribution is -2.29. The van der Waals surface area contributed by atoms with Gasteiger partial charge in [-0.3, -0.25) is 14.2 Å². The summed E-state index contributed by atoms with van der Waals surface area (Å²) >= 11 is 0. The van der Waals surface area contributed by atoms with Crippen molar-refractivity contribution in [1.82, 2.24) is 19.4 Å². The van der Waals surface area contributed by atoms with Gasteiger partial charge in [0, 0.05) is 23.7 Å². The van der Waals surface area contributed by atoms with Crippen LogP contribution in [0.1, 0.15) is 21.6 Å². The van der Waals surface area contributed by atoms with Crippen molar-refractivity contribution in [3.05, 3.63) is 67.6 Å². The van der Waals surface area contributed by atoms with Crippen molar-refractivity contribution >= 4 is 28.9 Å². The van der Waals surface area contributed by atoms with Gasteiger partial charge < -0.3 is 39.1 Å². The first-order valence-corrected chi connectivity index (χ1v) is 12.6. The number of aromatic nitrogens is 3. The maximum Gasteiger partial charge on any atom is 0.434 e. The minimum Gasteiger partial charge on any atom is -0.493 e. The lowest BCUT2D eigenvalue weighted by Gasteiger charge is -2.16. The molecule has 0 radical (unpaired) electrons. The van der Waals surface area contributed by atoms with Gasteiger partial charge in [-0.2, -0.15) is 0 Å². The molecule has 1 amide bonds. The van der Waals surface area contributed by atoms with Crippen molar-refractivity contribution in [1.29, 1.82) is 0 Å². The molecule has 4 aromatic rings. The number of benzene rings is 2. The number of hydrogen-bond donors (Lipinski definition) is 1. The number of carbonyl (C=O) groups is 2. The number of carbonyl (C=O) groups excluding carboxylic acids is 2. The van der Waals surface area contributed by atoms with E-state index < -0.39 is 11.0 Å². The molecule has 0 atom stereocenters. The van der Waals surface area contributed by atoms with Crippen LogP contribution in [-0.2, 0) is 24.8 Å². The van der Waals surface area contributed by atoms with Crippen molar-refractivity contribution in [2.75, 3.05) is 27.6 Å². The van der Waals surface area contributed by atoms with E-state index in [9.17, 15) is 24.5 Å². The Balaban J connectivity index is 1.34. The second-order valence-electron chi connectivity index (χ2n) is 9.39. The number of rotatable bonds is 8. The van der Waals surface area contributed by atoms with Crippen molar-refractivity contribution in [3.8, 4) is 34.3 Å². The molecule has 42 heavy (non-hydrogen) atoms. The van der Waals surface area contributed by atoms with Crippen LogP contribution in [0.2, 0.25) is 0 Å². The molecule has 4 heterocycles. The number of nitrogens with zero attached hydrogens (tertiary/aromatic N) is 4. The molecule has 0 saturated heterocycles. The van der Waals surface area contributed by atoms with Gasteiger partial charge in [0.25, 0.3) is 5.91 Å². The van der Waals surface area contributed by atoms with Gasteiger partial charge in [-0.1, -0.05) is 4.98 Å². The van der Waals surface area contributed by atoms with Gasteiger partial charge in [0.1, 0.15) is 6.20 Å². The smallest absolute Gasteiger partial charge is 0.434 e. The summed E-state index contributed by atoms with van der Waals surface area (Å²) in [6, 6.07) is 6.35. The van der Waals surface area contributed by atoms with Crippen LogP contribution in [0.15, 0.2) is 35.3 Å². The van der Waals surface area contributed by atoms with Gasteiger partial charge in [0.15, 0.2) is 40.7 Å². The van der Waals surface area contributed by atoms with E-state index in [0.717, 1.165) is 0 Å². The summed E-state index contributed by atoms with van der Waals surface area (Å²) in [5.41, 5.74) is 1.78. The van der Waals surface area contributed by atoms with Crippen molar-refractivity contribution in [2.45, 2.75) is 13.0 Å². The predicted octanol–water partition coefficient (Wildman–Crippen LogP) is 2.53. The number of ether oxygens (including phenoxy) is 5. The molecule has 6 rings (SSSR count). The Morgan fingerprint density at radius 3 is 2.45 bits per heavy atom. The van der Waals surface area contributed by atoms with Crippen LogP contribution in [0.5, 0.6) is 23.0 Å². The highest BCUT2D eigenvalue weighted by Crippen LogP contribution is 2.45. The van der Waals surface area contributed by atoms with Gasteiger partial charge in [-0.25, -0.2) is 9.36 Å². The first-order chi connectivity index (χ1) is 20.2. The molecule has 15 nitrogen and oxygen atoms in total. The zero-order valence-corrected chi connectivity index (χ0v) is 22.6. The quantitative estimate of drug-likeness (QED) is 0.212. The van der Waals surface area contributed by atoms with Gasteiger partial charge in [0.05, 0.1) is 43.4 Å². The average Bonchev–Trinajstić information content (AvgIpc) is 3.67. The molecule has 0 fully saturated rings. The largest absolute Gasteiger partial charge is 0.493 e. The van der Waals surface area contributed by atoms with E-state index in [4.69, 9.17) is 23.7 Å². The highest BCUT2D eigenvalue weighted by atomic mass is 16.7. The summed E-state index contributed by atoms with van der Waals surface area (Å²) in [5, 5.41) is 13.8. The average molecular weight is 578 g/mol. The Labute approximate surface area is 236 Å². The van der Waals surface area contributed by atoms with Crippen molar-refractivity contribution in [2.24, 2.45) is 7.05 Å². The first kappa shape index (κ1) is 26.6.